The fourth-order valence-corrected chi connectivity index (χ4v) is 4.75. The van der Waals surface area contributed by atoms with Crippen LogP contribution in [-0.4, -0.2) is 84.1 Å². The highest BCUT2D eigenvalue weighted by molar-refractivity contribution is 6.05. The van der Waals surface area contributed by atoms with Gasteiger partial charge in [-0.1, -0.05) is 19.4 Å². The van der Waals surface area contributed by atoms with Crippen molar-refractivity contribution in [3.63, 3.8) is 0 Å². The van der Waals surface area contributed by atoms with Gasteiger partial charge in [-0.25, -0.2) is 9.79 Å². The van der Waals surface area contributed by atoms with Crippen LogP contribution >= 0.6 is 0 Å². The van der Waals surface area contributed by atoms with Gasteiger partial charge >= 0.3 is 6.03 Å². The fourth-order valence-electron chi connectivity index (χ4n) is 4.75. The molecule has 1 aromatic rings. The van der Waals surface area contributed by atoms with Crippen molar-refractivity contribution in [2.75, 3.05) is 34.4 Å². The van der Waals surface area contributed by atoms with Crippen LogP contribution in [0.15, 0.2) is 34.6 Å². The Labute approximate surface area is 195 Å². The maximum absolute atomic E-state index is 13.4. The molecule has 0 bridgehead atoms. The molecule has 9 nitrogen and oxygen atoms in total. The third-order valence-corrected chi connectivity index (χ3v) is 6.81. The van der Waals surface area contributed by atoms with Crippen molar-refractivity contribution in [2.45, 2.75) is 52.2 Å². The molecule has 3 aliphatic heterocycles. The van der Waals surface area contributed by atoms with Crippen LogP contribution in [0.25, 0.3) is 0 Å². The number of urea groups is 1. The van der Waals surface area contributed by atoms with Gasteiger partial charge in [0, 0.05) is 31.5 Å². The van der Waals surface area contributed by atoms with Gasteiger partial charge in [0.2, 0.25) is 5.96 Å². The van der Waals surface area contributed by atoms with Crippen molar-refractivity contribution < 1.29 is 19.1 Å². The van der Waals surface area contributed by atoms with Crippen LogP contribution in [0.2, 0.25) is 0 Å². The third kappa shape index (κ3) is 3.69. The number of likely N-dealkylation sites (N-methyl/N-ethyl adjacent to an activating group) is 1. The number of guanidine groups is 1. The number of hydrogen-bond acceptors (Lipinski definition) is 7. The molecule has 3 heterocycles. The molecule has 3 amide bonds. The number of carbonyl (C=O) groups is 2. The first-order valence-corrected chi connectivity index (χ1v) is 11.4. The zero-order valence-corrected chi connectivity index (χ0v) is 20.3. The maximum atomic E-state index is 13.4. The van der Waals surface area contributed by atoms with E-state index in [-0.39, 0.29) is 11.9 Å². The van der Waals surface area contributed by atoms with Crippen LogP contribution in [0.1, 0.15) is 39.2 Å². The minimum Gasteiger partial charge on any atom is -0.493 e. The number of hydrogen-bond donors (Lipinski definition) is 0. The Morgan fingerprint density at radius 3 is 2.39 bits per heavy atom. The van der Waals surface area contributed by atoms with Crippen LogP contribution in [-0.2, 0) is 11.2 Å². The SMILES string of the molecule is CCCCN1C(=O)C2C(N=C3N(CCc4ccc(OC)c(OC)c4)C(C)=C(C)N32)N(C)C1=O. The highest BCUT2D eigenvalue weighted by Crippen LogP contribution is 2.38. The van der Waals surface area contributed by atoms with E-state index in [1.807, 2.05) is 30.0 Å². The second-order valence-electron chi connectivity index (χ2n) is 8.66. The van der Waals surface area contributed by atoms with Gasteiger partial charge in [0.05, 0.1) is 14.2 Å². The van der Waals surface area contributed by atoms with Crippen molar-refractivity contribution in [3.05, 3.63) is 35.2 Å². The van der Waals surface area contributed by atoms with E-state index in [2.05, 4.69) is 18.7 Å². The second kappa shape index (κ2) is 8.96. The normalized spacial score (nSPS) is 22.2. The second-order valence-corrected chi connectivity index (χ2v) is 8.66. The summed E-state index contributed by atoms with van der Waals surface area (Å²) < 4.78 is 10.8. The molecule has 0 saturated carbocycles. The average molecular weight is 456 g/mol. The molecule has 1 fully saturated rings. The Balaban J connectivity index is 1.57. The first-order chi connectivity index (χ1) is 15.8. The molecule has 2 atom stereocenters. The minimum absolute atomic E-state index is 0.163. The van der Waals surface area contributed by atoms with Crippen LogP contribution in [0, 0.1) is 0 Å². The summed E-state index contributed by atoms with van der Waals surface area (Å²) >= 11 is 0. The molecule has 1 saturated heterocycles. The fraction of sp³-hybridized carbons (Fsp3) is 0.542. The quantitative estimate of drug-likeness (QED) is 0.600. The topological polar surface area (TPSA) is 77.9 Å². The number of imide groups is 1. The Kier molecular flexibility index (Phi) is 6.23. The van der Waals surface area contributed by atoms with Gasteiger partial charge in [-0.05, 0) is 44.4 Å². The highest BCUT2D eigenvalue weighted by Gasteiger charge is 2.55. The summed E-state index contributed by atoms with van der Waals surface area (Å²) in [5.41, 5.74) is 3.18. The van der Waals surface area contributed by atoms with Gasteiger partial charge < -0.3 is 19.3 Å². The number of rotatable bonds is 8. The smallest absolute Gasteiger partial charge is 0.328 e. The lowest BCUT2D eigenvalue weighted by atomic mass is 10.1. The molecule has 0 aliphatic carbocycles. The van der Waals surface area contributed by atoms with E-state index in [1.165, 1.54) is 4.90 Å². The predicted molar refractivity (Wildman–Crippen MR) is 125 cm³/mol. The number of fused-ring (bicyclic) bond motifs is 3. The third-order valence-electron chi connectivity index (χ3n) is 6.81. The summed E-state index contributed by atoms with van der Waals surface area (Å²) in [4.78, 5) is 38.2. The van der Waals surface area contributed by atoms with E-state index in [1.54, 1.807) is 26.2 Å². The monoisotopic (exact) mass is 455 g/mol. The summed E-state index contributed by atoms with van der Waals surface area (Å²) in [5, 5.41) is 0. The van der Waals surface area contributed by atoms with E-state index in [9.17, 15) is 9.59 Å². The lowest BCUT2D eigenvalue weighted by Crippen LogP contribution is -2.64. The molecule has 33 heavy (non-hydrogen) atoms. The molecule has 9 heteroatoms. The van der Waals surface area contributed by atoms with Gasteiger partial charge in [0.1, 0.15) is 0 Å². The average Bonchev–Trinajstić information content (AvgIpc) is 3.32. The van der Waals surface area contributed by atoms with Crippen LogP contribution in [0.3, 0.4) is 0 Å². The first-order valence-electron chi connectivity index (χ1n) is 11.4. The standard InChI is InChI=1S/C24H33N5O4/c1-7-8-12-28-22(30)20-21(26(4)24(28)31)25-23-27(15(2)16(3)29(20)23)13-11-17-9-10-18(32-5)19(14-17)33-6/h9-10,14,20-21H,7-8,11-13H2,1-6H3. The van der Waals surface area contributed by atoms with Gasteiger partial charge in [0.15, 0.2) is 23.7 Å². The Bertz CT molecular complexity index is 1020. The Hall–Kier alpha value is -3.23. The first kappa shape index (κ1) is 22.9. The molecular formula is C24H33N5O4. The van der Waals surface area contributed by atoms with E-state index in [0.29, 0.717) is 24.6 Å². The number of allylic oxidation sites excluding steroid dienone is 2. The van der Waals surface area contributed by atoms with Crippen LogP contribution in [0.4, 0.5) is 4.79 Å². The number of aliphatic imine (C=N–C) groups is 1. The molecule has 0 spiro atoms. The lowest BCUT2D eigenvalue weighted by molar-refractivity contribution is -0.136. The van der Waals surface area contributed by atoms with E-state index >= 15 is 0 Å². The zero-order valence-electron chi connectivity index (χ0n) is 20.3. The summed E-state index contributed by atoms with van der Waals surface area (Å²) in [7, 11) is 4.98. The molecule has 1 aromatic carbocycles. The number of ether oxygens (including phenoxy) is 2. The maximum Gasteiger partial charge on any atom is 0.328 e. The van der Waals surface area contributed by atoms with Crippen LogP contribution in [0.5, 0.6) is 11.5 Å². The molecule has 0 aromatic heterocycles. The number of unbranched alkanes of at least 4 members (excludes halogenated alkanes) is 1. The molecule has 0 radical (unpaired) electrons. The number of methoxy groups -OCH3 is 2. The molecule has 4 rings (SSSR count). The van der Waals surface area contributed by atoms with Crippen molar-refractivity contribution in [1.82, 2.24) is 19.6 Å². The molecule has 3 aliphatic rings. The lowest BCUT2D eigenvalue weighted by Gasteiger charge is -2.40. The van der Waals surface area contributed by atoms with Crippen LogP contribution < -0.4 is 9.47 Å². The number of nitrogens with zero attached hydrogens (tertiary/aromatic N) is 5. The summed E-state index contributed by atoms with van der Waals surface area (Å²) in [6.07, 6.45) is 1.97. The van der Waals surface area contributed by atoms with Gasteiger partial charge in [-0.15, -0.1) is 0 Å². The van der Waals surface area contributed by atoms with E-state index in [4.69, 9.17) is 14.5 Å². The number of carbonyl (C=O) groups excluding carboxylic acids is 2. The van der Waals surface area contributed by atoms with E-state index in [0.717, 1.165) is 42.2 Å². The van der Waals surface area contributed by atoms with Crippen molar-refractivity contribution in [2.24, 2.45) is 4.99 Å². The Morgan fingerprint density at radius 2 is 1.73 bits per heavy atom. The predicted octanol–water partition coefficient (Wildman–Crippen LogP) is 2.87. The molecule has 0 N–H and O–H groups in total. The van der Waals surface area contributed by atoms with E-state index < -0.39 is 12.2 Å². The van der Waals surface area contributed by atoms with Gasteiger partial charge in [0.25, 0.3) is 5.91 Å². The highest BCUT2D eigenvalue weighted by atomic mass is 16.5. The summed E-state index contributed by atoms with van der Waals surface area (Å²) in [6.45, 7) is 7.25. The molecule has 178 valence electrons. The van der Waals surface area contributed by atoms with Crippen molar-refractivity contribution in [3.8, 4) is 11.5 Å². The van der Waals surface area contributed by atoms with Crippen molar-refractivity contribution in [1.29, 1.82) is 0 Å². The van der Waals surface area contributed by atoms with Crippen molar-refractivity contribution >= 4 is 17.9 Å². The van der Waals surface area contributed by atoms with Gasteiger partial charge in [-0.2, -0.15) is 0 Å². The zero-order chi connectivity index (χ0) is 23.9. The minimum atomic E-state index is -0.513. The summed E-state index contributed by atoms with van der Waals surface area (Å²) in [5.74, 6) is 1.97. The largest absolute Gasteiger partial charge is 0.493 e. The summed E-state index contributed by atoms with van der Waals surface area (Å²) in [6, 6.07) is 5.13. The number of benzene rings is 1. The van der Waals surface area contributed by atoms with Gasteiger partial charge in [-0.3, -0.25) is 14.6 Å². The number of amides is 3. The molecule has 2 unspecified atom stereocenters. The Morgan fingerprint density at radius 1 is 1.00 bits per heavy atom. The molecular weight excluding hydrogens is 422 g/mol.